The maximum absolute atomic E-state index is 14.0. The molecule has 2 aromatic rings. The standard InChI is InChI=1S/C17H19F2N3O3S/c18-13-4-1-5-14(19)16(13)26(23,24)22-8-2-3-11(10-22)9-15-20-17(21-25-15)12-6-7-12/h1,4-5,11-12H,2-3,6-10H2/t11-/m1/s1. The van der Waals surface area contributed by atoms with Crippen molar-refractivity contribution in [1.29, 1.82) is 0 Å². The number of halogens is 2. The van der Waals surface area contributed by atoms with E-state index in [-0.39, 0.29) is 19.0 Å². The topological polar surface area (TPSA) is 76.3 Å². The van der Waals surface area contributed by atoms with Gasteiger partial charge >= 0.3 is 0 Å². The van der Waals surface area contributed by atoms with Gasteiger partial charge in [-0.2, -0.15) is 9.29 Å². The van der Waals surface area contributed by atoms with E-state index in [9.17, 15) is 17.2 Å². The quantitative estimate of drug-likeness (QED) is 0.794. The van der Waals surface area contributed by atoms with Gasteiger partial charge < -0.3 is 4.52 Å². The molecular weight excluding hydrogens is 364 g/mol. The largest absolute Gasteiger partial charge is 0.339 e. The number of nitrogens with zero attached hydrogens (tertiary/aromatic N) is 3. The molecule has 1 aliphatic carbocycles. The second-order valence-corrected chi connectivity index (χ2v) is 8.82. The SMILES string of the molecule is O=S(=O)(c1c(F)cccc1F)N1CCC[C@H](Cc2nc(C3CC3)no2)C1. The van der Waals surface area contributed by atoms with Crippen molar-refractivity contribution in [2.75, 3.05) is 13.1 Å². The van der Waals surface area contributed by atoms with Crippen molar-refractivity contribution >= 4 is 10.0 Å². The van der Waals surface area contributed by atoms with E-state index in [4.69, 9.17) is 4.52 Å². The average molecular weight is 383 g/mol. The van der Waals surface area contributed by atoms with E-state index in [1.54, 1.807) is 0 Å². The molecule has 4 rings (SSSR count). The number of hydrogen-bond acceptors (Lipinski definition) is 5. The zero-order valence-corrected chi connectivity index (χ0v) is 14.9. The Balaban J connectivity index is 1.50. The Morgan fingerprint density at radius 2 is 1.92 bits per heavy atom. The van der Waals surface area contributed by atoms with Gasteiger partial charge in [-0.1, -0.05) is 11.2 Å². The summed E-state index contributed by atoms with van der Waals surface area (Å²) in [5.74, 6) is -0.571. The molecule has 140 valence electrons. The molecule has 0 spiro atoms. The van der Waals surface area contributed by atoms with Crippen LogP contribution in [0.15, 0.2) is 27.6 Å². The monoisotopic (exact) mass is 383 g/mol. The third kappa shape index (κ3) is 3.37. The number of sulfonamides is 1. The number of hydrogen-bond donors (Lipinski definition) is 0. The van der Waals surface area contributed by atoms with E-state index in [1.807, 2.05) is 0 Å². The molecule has 2 heterocycles. The van der Waals surface area contributed by atoms with Crippen LogP contribution in [-0.4, -0.2) is 36.0 Å². The molecule has 0 unspecified atom stereocenters. The van der Waals surface area contributed by atoms with Crippen molar-refractivity contribution in [2.45, 2.75) is 42.9 Å². The molecule has 2 fully saturated rings. The lowest BCUT2D eigenvalue weighted by atomic mass is 9.96. The highest BCUT2D eigenvalue weighted by atomic mass is 32.2. The molecule has 1 aromatic carbocycles. The second-order valence-electron chi connectivity index (χ2n) is 6.95. The summed E-state index contributed by atoms with van der Waals surface area (Å²) < 4.78 is 59.8. The Hall–Kier alpha value is -1.87. The van der Waals surface area contributed by atoms with Gasteiger partial charge in [0.25, 0.3) is 0 Å². The molecule has 1 aromatic heterocycles. The fraction of sp³-hybridized carbons (Fsp3) is 0.529. The van der Waals surface area contributed by atoms with Crippen LogP contribution in [0.5, 0.6) is 0 Å². The molecule has 2 aliphatic rings. The Labute approximate surface area is 150 Å². The van der Waals surface area contributed by atoms with Gasteiger partial charge in [-0.05, 0) is 43.7 Å². The van der Waals surface area contributed by atoms with E-state index in [1.165, 1.54) is 0 Å². The lowest BCUT2D eigenvalue weighted by Crippen LogP contribution is -2.41. The first kappa shape index (κ1) is 17.5. The van der Waals surface area contributed by atoms with E-state index >= 15 is 0 Å². The van der Waals surface area contributed by atoms with Crippen LogP contribution in [0.3, 0.4) is 0 Å². The Morgan fingerprint density at radius 1 is 1.19 bits per heavy atom. The van der Waals surface area contributed by atoms with E-state index in [0.717, 1.165) is 41.8 Å². The molecule has 1 aliphatic heterocycles. The predicted molar refractivity (Wildman–Crippen MR) is 87.8 cm³/mol. The minimum absolute atomic E-state index is 0.0270. The van der Waals surface area contributed by atoms with Crippen molar-refractivity contribution in [3.05, 3.63) is 41.5 Å². The molecule has 0 bridgehead atoms. The van der Waals surface area contributed by atoms with Gasteiger partial charge in [0, 0.05) is 25.4 Å². The zero-order valence-electron chi connectivity index (χ0n) is 14.1. The summed E-state index contributed by atoms with van der Waals surface area (Å²) in [5, 5.41) is 3.97. The molecule has 1 saturated heterocycles. The molecular formula is C17H19F2N3O3S. The molecule has 1 atom stereocenters. The number of rotatable bonds is 5. The fourth-order valence-electron chi connectivity index (χ4n) is 3.38. The summed E-state index contributed by atoms with van der Waals surface area (Å²) in [6.45, 7) is 0.418. The molecule has 6 nitrogen and oxygen atoms in total. The minimum Gasteiger partial charge on any atom is -0.339 e. The van der Waals surface area contributed by atoms with Gasteiger partial charge in [0.2, 0.25) is 15.9 Å². The Kier molecular flexibility index (Phi) is 4.52. The summed E-state index contributed by atoms with van der Waals surface area (Å²) in [6, 6.07) is 3.06. The fourth-order valence-corrected chi connectivity index (χ4v) is 5.04. The maximum Gasteiger partial charge on any atom is 0.248 e. The number of piperidine rings is 1. The zero-order chi connectivity index (χ0) is 18.3. The van der Waals surface area contributed by atoms with Crippen molar-refractivity contribution in [1.82, 2.24) is 14.4 Å². The summed E-state index contributed by atoms with van der Waals surface area (Å²) in [4.78, 5) is 3.49. The summed E-state index contributed by atoms with van der Waals surface area (Å²) in [5.41, 5.74) is 0. The van der Waals surface area contributed by atoms with Gasteiger partial charge in [0.1, 0.15) is 11.6 Å². The normalized spacial score (nSPS) is 21.8. The third-order valence-corrected chi connectivity index (χ3v) is 6.81. The second kappa shape index (κ2) is 6.70. The lowest BCUT2D eigenvalue weighted by Gasteiger charge is -2.31. The van der Waals surface area contributed by atoms with Crippen LogP contribution in [0.2, 0.25) is 0 Å². The van der Waals surface area contributed by atoms with Crippen LogP contribution in [0.1, 0.15) is 43.3 Å². The highest BCUT2D eigenvalue weighted by Crippen LogP contribution is 2.38. The molecule has 9 heteroatoms. The van der Waals surface area contributed by atoms with Crippen LogP contribution >= 0.6 is 0 Å². The molecule has 1 saturated carbocycles. The van der Waals surface area contributed by atoms with Gasteiger partial charge in [-0.3, -0.25) is 0 Å². The Bertz CT molecular complexity index is 891. The van der Waals surface area contributed by atoms with Crippen LogP contribution in [0, 0.1) is 17.6 Å². The first-order valence-corrected chi connectivity index (χ1v) is 10.2. The minimum atomic E-state index is -4.23. The van der Waals surface area contributed by atoms with E-state index in [2.05, 4.69) is 10.1 Å². The maximum atomic E-state index is 14.0. The van der Waals surface area contributed by atoms with Gasteiger partial charge in [0.15, 0.2) is 10.7 Å². The Morgan fingerprint density at radius 3 is 2.62 bits per heavy atom. The third-order valence-electron chi connectivity index (χ3n) is 4.89. The highest BCUT2D eigenvalue weighted by molar-refractivity contribution is 7.89. The smallest absolute Gasteiger partial charge is 0.248 e. The van der Waals surface area contributed by atoms with Crippen molar-refractivity contribution in [3.63, 3.8) is 0 Å². The van der Waals surface area contributed by atoms with Gasteiger partial charge in [-0.15, -0.1) is 0 Å². The number of aromatic nitrogens is 2. The molecule has 0 radical (unpaired) electrons. The summed E-state index contributed by atoms with van der Waals surface area (Å²) >= 11 is 0. The van der Waals surface area contributed by atoms with Gasteiger partial charge in [0.05, 0.1) is 0 Å². The molecule has 26 heavy (non-hydrogen) atoms. The highest BCUT2D eigenvalue weighted by Gasteiger charge is 2.35. The predicted octanol–water partition coefficient (Wildman–Crippen LogP) is 2.87. The first-order chi connectivity index (χ1) is 12.4. The summed E-state index contributed by atoms with van der Waals surface area (Å²) in [6.07, 6.45) is 4.02. The van der Waals surface area contributed by atoms with Crippen LogP contribution in [0.4, 0.5) is 8.78 Å². The molecule has 0 amide bonds. The lowest BCUT2D eigenvalue weighted by molar-refractivity contribution is 0.245. The van der Waals surface area contributed by atoms with Crippen molar-refractivity contribution in [3.8, 4) is 0 Å². The van der Waals surface area contributed by atoms with Crippen molar-refractivity contribution < 1.29 is 21.7 Å². The first-order valence-electron chi connectivity index (χ1n) is 8.72. The van der Waals surface area contributed by atoms with Crippen molar-refractivity contribution in [2.24, 2.45) is 5.92 Å². The van der Waals surface area contributed by atoms with Gasteiger partial charge in [-0.25, -0.2) is 17.2 Å². The summed E-state index contributed by atoms with van der Waals surface area (Å²) in [7, 11) is -4.23. The van der Waals surface area contributed by atoms with E-state index < -0.39 is 26.6 Å². The average Bonchev–Trinajstić information content (AvgIpc) is 3.35. The van der Waals surface area contributed by atoms with Crippen LogP contribution in [-0.2, 0) is 16.4 Å². The van der Waals surface area contributed by atoms with Crippen LogP contribution < -0.4 is 0 Å². The van der Waals surface area contributed by atoms with E-state index in [0.29, 0.717) is 30.5 Å². The molecule has 0 N–H and O–H groups in total. The van der Waals surface area contributed by atoms with Crippen LogP contribution in [0.25, 0.3) is 0 Å². The number of benzene rings is 1.